The molecule has 2 aliphatic heterocycles. The molecule has 0 unspecified atom stereocenters. The Balaban J connectivity index is 1.32. The molecule has 2 aliphatic rings. The van der Waals surface area contributed by atoms with Crippen LogP contribution >= 0.6 is 0 Å². The summed E-state index contributed by atoms with van der Waals surface area (Å²) >= 11 is 0. The molecule has 7 rings (SSSR count). The fourth-order valence-electron chi connectivity index (χ4n) is 8.11. The molecule has 10 nitrogen and oxygen atoms in total. The monoisotopic (exact) mass is 702 g/mol. The summed E-state index contributed by atoms with van der Waals surface area (Å²) in [5.74, 6) is -1.04. The van der Waals surface area contributed by atoms with E-state index in [2.05, 4.69) is 5.10 Å². The van der Waals surface area contributed by atoms with Crippen LogP contribution in [0.3, 0.4) is 0 Å². The van der Waals surface area contributed by atoms with Gasteiger partial charge in [0.25, 0.3) is 11.5 Å². The van der Waals surface area contributed by atoms with Gasteiger partial charge in [-0.05, 0) is 48.5 Å². The molecule has 3 heterocycles. The maximum atomic E-state index is 15.0. The highest BCUT2D eigenvalue weighted by molar-refractivity contribution is 6.71. The predicted molar refractivity (Wildman–Crippen MR) is 198 cm³/mol. The highest BCUT2D eigenvalue weighted by Gasteiger charge is 2.66. The van der Waals surface area contributed by atoms with Crippen LogP contribution in [0.25, 0.3) is 16.5 Å². The summed E-state index contributed by atoms with van der Waals surface area (Å²) in [5.41, 5.74) is 1.22. The summed E-state index contributed by atoms with van der Waals surface area (Å²) in [6.45, 7) is 6.08. The number of hydrogen-bond acceptors (Lipinski definition) is 7. The minimum absolute atomic E-state index is 0.0761. The lowest BCUT2D eigenvalue weighted by Gasteiger charge is -2.32. The third kappa shape index (κ3) is 6.20. The van der Waals surface area contributed by atoms with Crippen LogP contribution in [0.5, 0.6) is 0 Å². The minimum atomic E-state index is -3.09. The van der Waals surface area contributed by atoms with Crippen molar-refractivity contribution >= 4 is 36.6 Å². The number of anilines is 1. The van der Waals surface area contributed by atoms with Crippen molar-refractivity contribution in [1.29, 1.82) is 0 Å². The van der Waals surface area contributed by atoms with E-state index in [1.54, 1.807) is 34.2 Å². The minimum Gasteiger partial charge on any atom is -0.432 e. The summed E-state index contributed by atoms with van der Waals surface area (Å²) < 4.78 is 8.31. The maximum Gasteiger partial charge on any atom is 0.279 e. The summed E-state index contributed by atoms with van der Waals surface area (Å²) in [6, 6.07) is 31.9. The van der Waals surface area contributed by atoms with Crippen molar-refractivity contribution in [2.24, 2.45) is 5.92 Å². The average molecular weight is 703 g/mol. The van der Waals surface area contributed by atoms with Gasteiger partial charge in [-0.1, -0.05) is 85.8 Å². The smallest absolute Gasteiger partial charge is 0.279 e. The lowest BCUT2D eigenvalue weighted by molar-refractivity contribution is -0.150. The van der Waals surface area contributed by atoms with E-state index >= 15 is 0 Å². The topological polar surface area (TPSA) is 125 Å². The number of ether oxygens (including phenoxy) is 1. The van der Waals surface area contributed by atoms with E-state index in [0.717, 1.165) is 16.5 Å². The van der Waals surface area contributed by atoms with Gasteiger partial charge in [0.05, 0.1) is 48.6 Å². The van der Waals surface area contributed by atoms with Gasteiger partial charge in [0.2, 0.25) is 5.91 Å². The Bertz CT molecular complexity index is 2140. The van der Waals surface area contributed by atoms with E-state index in [1.807, 2.05) is 105 Å². The molecule has 1 aromatic heterocycles. The molecule has 51 heavy (non-hydrogen) atoms. The standard InChI is InChI=1S/C40H42N4O6Si/c1-27-37(51(2,3)49)35(23-36(46)42(20-21-45)25-28-12-6-4-7-13-28)50-40(27)33-22-31(44-38(47)32-17-11-10-16-30(32)24-41-44)18-19-34(33)43(39(40)48)26-29-14-8-5-9-15-29/h4-19,22,24,27,35,37,45,49H,20-21,23,25-26H2,1-3H3/t27-,35+,37-,40+/m1/s1. The fraction of sp³-hybridized carbons (Fsp3) is 0.300. The van der Waals surface area contributed by atoms with Crippen molar-refractivity contribution in [3.05, 3.63) is 136 Å². The Morgan fingerprint density at radius 3 is 2.29 bits per heavy atom. The number of aromatic nitrogens is 2. The second-order valence-corrected chi connectivity index (χ2v) is 18.1. The molecule has 2 amide bonds. The third-order valence-corrected chi connectivity index (χ3v) is 12.9. The first-order chi connectivity index (χ1) is 24.5. The summed E-state index contributed by atoms with van der Waals surface area (Å²) in [7, 11) is -3.09. The predicted octanol–water partition coefficient (Wildman–Crippen LogP) is 5.14. The molecule has 11 heteroatoms. The van der Waals surface area contributed by atoms with E-state index in [1.165, 1.54) is 4.68 Å². The van der Waals surface area contributed by atoms with Gasteiger partial charge < -0.3 is 24.4 Å². The van der Waals surface area contributed by atoms with E-state index in [0.29, 0.717) is 28.9 Å². The van der Waals surface area contributed by atoms with Gasteiger partial charge in [0.15, 0.2) is 13.9 Å². The van der Waals surface area contributed by atoms with Crippen LogP contribution in [0, 0.1) is 5.92 Å². The van der Waals surface area contributed by atoms with Crippen LogP contribution in [-0.2, 0) is 33.0 Å². The quantitative estimate of drug-likeness (QED) is 0.193. The number of aliphatic hydroxyl groups excluding tert-OH is 1. The number of amides is 2. The number of rotatable bonds is 10. The SMILES string of the molecule is C[C@@H]1[C@@H]([Si](C)(C)O)[C@H](CC(=O)N(CCO)Cc2ccccc2)O[C@@]12C(=O)N(Cc1ccccc1)c1ccc(-n3ncc4ccccc4c3=O)cc12. The van der Waals surface area contributed by atoms with Gasteiger partial charge in [-0.2, -0.15) is 9.78 Å². The molecule has 2 N–H and O–H groups in total. The van der Waals surface area contributed by atoms with Crippen molar-refractivity contribution in [3.63, 3.8) is 0 Å². The van der Waals surface area contributed by atoms with Crippen molar-refractivity contribution in [2.45, 2.75) is 56.8 Å². The third-order valence-electron chi connectivity index (χ3n) is 10.4. The van der Waals surface area contributed by atoms with Gasteiger partial charge >= 0.3 is 0 Å². The van der Waals surface area contributed by atoms with Crippen LogP contribution in [0.4, 0.5) is 5.69 Å². The average Bonchev–Trinajstić information content (AvgIpc) is 3.55. The molecular weight excluding hydrogens is 661 g/mol. The zero-order chi connectivity index (χ0) is 35.9. The molecule has 5 aromatic rings. The Hall–Kier alpha value is -4.94. The normalized spacial score (nSPS) is 21.4. The van der Waals surface area contributed by atoms with E-state index in [4.69, 9.17) is 4.74 Å². The lowest BCUT2D eigenvalue weighted by Crippen LogP contribution is -2.46. The summed E-state index contributed by atoms with van der Waals surface area (Å²) in [4.78, 5) is 57.8. The highest BCUT2D eigenvalue weighted by atomic mass is 28.4. The van der Waals surface area contributed by atoms with Gasteiger partial charge in [0, 0.05) is 35.5 Å². The number of hydrogen-bond donors (Lipinski definition) is 2. The molecule has 0 saturated carbocycles. The Morgan fingerprint density at radius 2 is 1.61 bits per heavy atom. The van der Waals surface area contributed by atoms with Crippen molar-refractivity contribution in [3.8, 4) is 5.69 Å². The molecule has 4 aromatic carbocycles. The van der Waals surface area contributed by atoms with Crippen LogP contribution in [0.2, 0.25) is 18.6 Å². The first kappa shape index (κ1) is 34.5. The first-order valence-corrected chi connectivity index (χ1v) is 20.4. The molecular formula is C40H42N4O6Si. The van der Waals surface area contributed by atoms with E-state index < -0.39 is 31.5 Å². The number of aliphatic hydroxyl groups is 1. The molecule has 262 valence electrons. The van der Waals surface area contributed by atoms with Crippen LogP contribution in [-0.4, -0.2) is 64.0 Å². The van der Waals surface area contributed by atoms with Crippen molar-refractivity contribution < 1.29 is 24.2 Å². The van der Waals surface area contributed by atoms with Crippen LogP contribution in [0.15, 0.2) is 114 Å². The zero-order valence-electron chi connectivity index (χ0n) is 29.0. The number of benzene rings is 4. The van der Waals surface area contributed by atoms with Crippen molar-refractivity contribution in [2.75, 3.05) is 18.1 Å². The number of carbonyl (C=O) groups is 2. The Kier molecular flexibility index (Phi) is 9.23. The van der Waals surface area contributed by atoms with Gasteiger partial charge in [-0.3, -0.25) is 14.4 Å². The molecule has 1 fully saturated rings. The van der Waals surface area contributed by atoms with Crippen LogP contribution < -0.4 is 10.5 Å². The Morgan fingerprint density at radius 1 is 0.941 bits per heavy atom. The first-order valence-electron chi connectivity index (χ1n) is 17.3. The van der Waals surface area contributed by atoms with Gasteiger partial charge in [0.1, 0.15) is 0 Å². The zero-order valence-corrected chi connectivity index (χ0v) is 30.0. The van der Waals surface area contributed by atoms with E-state index in [-0.39, 0.29) is 43.5 Å². The number of nitrogens with zero attached hydrogens (tertiary/aromatic N) is 4. The second kappa shape index (κ2) is 13.6. The van der Waals surface area contributed by atoms with Gasteiger partial charge in [-0.25, -0.2) is 0 Å². The highest BCUT2D eigenvalue weighted by Crippen LogP contribution is 2.60. The largest absolute Gasteiger partial charge is 0.432 e. The van der Waals surface area contributed by atoms with Gasteiger partial charge in [-0.15, -0.1) is 0 Å². The number of fused-ring (bicyclic) bond motifs is 3. The van der Waals surface area contributed by atoms with Crippen LogP contribution in [0.1, 0.15) is 30.0 Å². The van der Waals surface area contributed by atoms with Crippen molar-refractivity contribution in [1.82, 2.24) is 14.7 Å². The second-order valence-electron chi connectivity index (χ2n) is 14.1. The summed E-state index contributed by atoms with van der Waals surface area (Å²) in [5, 5.41) is 15.6. The lowest BCUT2D eigenvalue weighted by atomic mass is 9.82. The molecule has 0 bridgehead atoms. The Labute approximate surface area is 297 Å². The fourth-order valence-corrected chi connectivity index (χ4v) is 10.7. The molecule has 4 atom stereocenters. The summed E-state index contributed by atoms with van der Waals surface area (Å²) in [6.07, 6.45) is 0.787. The molecule has 0 aliphatic carbocycles. The molecule has 1 saturated heterocycles. The molecule has 1 spiro atoms. The number of carbonyl (C=O) groups excluding carboxylic acids is 2. The maximum absolute atomic E-state index is 15.0. The molecule has 0 radical (unpaired) electrons. The van der Waals surface area contributed by atoms with E-state index in [9.17, 15) is 24.3 Å².